The smallest absolute Gasteiger partial charge is 0.225 e. The third kappa shape index (κ3) is 2.04. The van der Waals surface area contributed by atoms with Crippen molar-refractivity contribution >= 4 is 36.1 Å². The van der Waals surface area contributed by atoms with E-state index in [9.17, 15) is 0 Å². The van der Waals surface area contributed by atoms with Crippen LogP contribution in [0.15, 0.2) is 24.5 Å². The number of aromatic nitrogens is 4. The van der Waals surface area contributed by atoms with E-state index in [4.69, 9.17) is 16.3 Å². The third-order valence-corrected chi connectivity index (χ3v) is 3.09. The first-order chi connectivity index (χ1) is 9.19. The van der Waals surface area contributed by atoms with Crippen LogP contribution in [-0.2, 0) is 0 Å². The second-order valence-corrected chi connectivity index (χ2v) is 4.46. The van der Waals surface area contributed by atoms with E-state index in [0.29, 0.717) is 16.9 Å². The molecular weight excluding hydrogens is 262 g/mol. The molecular formula is C12H10BClN4O. The maximum Gasteiger partial charge on any atom is 0.225 e. The normalized spacial score (nSPS) is 10.8. The van der Waals surface area contributed by atoms with Gasteiger partial charge in [-0.1, -0.05) is 6.07 Å². The number of ether oxygens (including phenoxy) is 1. The van der Waals surface area contributed by atoms with E-state index in [1.54, 1.807) is 13.4 Å². The Bertz CT molecular complexity index is 759. The Morgan fingerprint density at radius 3 is 2.89 bits per heavy atom. The Morgan fingerprint density at radius 2 is 2.16 bits per heavy atom. The number of hydrogen-bond acceptors (Lipinski definition) is 4. The molecule has 3 aromatic rings. The fraction of sp³-hybridized carbons (Fsp3) is 0.0833. The average molecular weight is 273 g/mol. The standard InChI is InChI=1S/C12H10BClN4O/c1-19-8-3-2-6(4-7(8)13)9-10-11(16-5-15-10)18-12(14)17-9/h2-5H,13H2,1H3,(H,15,16,17,18). The Kier molecular flexibility index (Phi) is 2.87. The van der Waals surface area contributed by atoms with Gasteiger partial charge in [0, 0.05) is 5.56 Å². The number of imidazole rings is 1. The van der Waals surface area contributed by atoms with Crippen molar-refractivity contribution in [2.24, 2.45) is 0 Å². The van der Waals surface area contributed by atoms with Gasteiger partial charge in [-0.2, -0.15) is 4.98 Å². The van der Waals surface area contributed by atoms with Crippen LogP contribution in [-0.4, -0.2) is 34.9 Å². The summed E-state index contributed by atoms with van der Waals surface area (Å²) in [7, 11) is 3.63. The number of H-pyrrole nitrogens is 1. The van der Waals surface area contributed by atoms with Gasteiger partial charge in [-0.3, -0.25) is 0 Å². The number of nitrogens with zero attached hydrogens (tertiary/aromatic N) is 3. The summed E-state index contributed by atoms with van der Waals surface area (Å²) in [5.74, 6) is 0.835. The molecule has 0 radical (unpaired) electrons. The zero-order chi connectivity index (χ0) is 13.4. The predicted octanol–water partition coefficient (Wildman–Crippen LogP) is 0.940. The number of methoxy groups -OCH3 is 1. The Labute approximate surface area is 115 Å². The summed E-state index contributed by atoms with van der Waals surface area (Å²) in [4.78, 5) is 15.5. The van der Waals surface area contributed by atoms with Crippen LogP contribution in [0.2, 0.25) is 5.28 Å². The van der Waals surface area contributed by atoms with Crippen LogP contribution in [0.3, 0.4) is 0 Å². The van der Waals surface area contributed by atoms with Crippen molar-refractivity contribution in [2.75, 3.05) is 7.11 Å². The second kappa shape index (κ2) is 4.55. The van der Waals surface area contributed by atoms with E-state index in [-0.39, 0.29) is 5.28 Å². The van der Waals surface area contributed by atoms with Crippen molar-refractivity contribution in [2.45, 2.75) is 0 Å². The quantitative estimate of drug-likeness (QED) is 0.557. The Morgan fingerprint density at radius 1 is 1.32 bits per heavy atom. The van der Waals surface area contributed by atoms with E-state index < -0.39 is 0 Å². The minimum absolute atomic E-state index is 0.195. The molecule has 2 heterocycles. The number of rotatable bonds is 2. The molecule has 0 aliphatic heterocycles. The maximum absolute atomic E-state index is 5.93. The fourth-order valence-corrected chi connectivity index (χ4v) is 2.20. The topological polar surface area (TPSA) is 63.7 Å². The molecule has 94 valence electrons. The molecule has 1 aromatic carbocycles. The van der Waals surface area contributed by atoms with Crippen molar-refractivity contribution in [1.29, 1.82) is 0 Å². The first-order valence-corrected chi connectivity index (χ1v) is 6.08. The van der Waals surface area contributed by atoms with Crippen molar-refractivity contribution < 1.29 is 4.74 Å². The molecule has 7 heteroatoms. The highest BCUT2D eigenvalue weighted by atomic mass is 35.5. The lowest BCUT2D eigenvalue weighted by molar-refractivity contribution is 0.418. The zero-order valence-corrected chi connectivity index (χ0v) is 11.2. The molecule has 0 spiro atoms. The van der Waals surface area contributed by atoms with E-state index in [0.717, 1.165) is 16.8 Å². The van der Waals surface area contributed by atoms with Crippen LogP contribution >= 0.6 is 11.6 Å². The van der Waals surface area contributed by atoms with Gasteiger partial charge >= 0.3 is 0 Å². The average Bonchev–Trinajstić information content (AvgIpc) is 2.85. The highest BCUT2D eigenvalue weighted by molar-refractivity contribution is 6.34. The molecule has 0 aliphatic carbocycles. The fourth-order valence-electron chi connectivity index (χ4n) is 2.04. The van der Waals surface area contributed by atoms with Gasteiger partial charge in [0.15, 0.2) is 5.65 Å². The predicted molar refractivity (Wildman–Crippen MR) is 76.9 cm³/mol. The number of halogens is 1. The van der Waals surface area contributed by atoms with Gasteiger partial charge in [-0.25, -0.2) is 9.97 Å². The summed E-state index contributed by atoms with van der Waals surface area (Å²) in [6.45, 7) is 0. The van der Waals surface area contributed by atoms with Crippen molar-refractivity contribution in [3.05, 3.63) is 29.8 Å². The minimum atomic E-state index is 0.195. The monoisotopic (exact) mass is 272 g/mol. The Hall–Kier alpha value is -2.08. The molecule has 2 aromatic heterocycles. The van der Waals surface area contributed by atoms with E-state index in [2.05, 4.69) is 19.9 Å². The molecule has 19 heavy (non-hydrogen) atoms. The van der Waals surface area contributed by atoms with Gasteiger partial charge in [0.1, 0.15) is 24.8 Å². The lowest BCUT2D eigenvalue weighted by Gasteiger charge is -2.07. The number of nitrogens with one attached hydrogen (secondary N) is 1. The second-order valence-electron chi connectivity index (χ2n) is 4.13. The SMILES string of the molecule is Bc1cc(-c2nc(Cl)nc3[nH]cnc23)ccc1OC. The van der Waals surface area contributed by atoms with Gasteiger partial charge in [-0.05, 0) is 29.2 Å². The molecule has 0 unspecified atom stereocenters. The lowest BCUT2D eigenvalue weighted by Crippen LogP contribution is -2.07. The van der Waals surface area contributed by atoms with Gasteiger partial charge in [0.25, 0.3) is 0 Å². The first kappa shape index (κ1) is 12.0. The highest BCUT2D eigenvalue weighted by Crippen LogP contribution is 2.25. The Balaban J connectivity index is 2.23. The van der Waals surface area contributed by atoms with Crippen molar-refractivity contribution in [3.63, 3.8) is 0 Å². The molecule has 1 N–H and O–H groups in total. The number of aromatic amines is 1. The van der Waals surface area contributed by atoms with Gasteiger partial charge in [0.05, 0.1) is 13.4 Å². The third-order valence-electron chi connectivity index (χ3n) is 2.92. The molecule has 0 bridgehead atoms. The largest absolute Gasteiger partial charge is 0.497 e. The number of benzene rings is 1. The summed E-state index contributed by atoms with van der Waals surface area (Å²) >= 11 is 5.93. The van der Waals surface area contributed by atoms with Gasteiger partial charge < -0.3 is 9.72 Å². The van der Waals surface area contributed by atoms with Gasteiger partial charge in [0.2, 0.25) is 5.28 Å². The molecule has 0 amide bonds. The summed E-state index contributed by atoms with van der Waals surface area (Å²) < 4.78 is 5.25. The van der Waals surface area contributed by atoms with Gasteiger partial charge in [-0.15, -0.1) is 0 Å². The summed E-state index contributed by atoms with van der Waals surface area (Å²) in [5.41, 5.74) is 4.00. The summed E-state index contributed by atoms with van der Waals surface area (Å²) in [6, 6.07) is 5.82. The summed E-state index contributed by atoms with van der Waals surface area (Å²) in [5, 5.41) is 0.195. The first-order valence-electron chi connectivity index (χ1n) is 5.70. The highest BCUT2D eigenvalue weighted by Gasteiger charge is 2.12. The van der Waals surface area contributed by atoms with E-state index in [1.165, 1.54) is 0 Å². The van der Waals surface area contributed by atoms with E-state index >= 15 is 0 Å². The summed E-state index contributed by atoms with van der Waals surface area (Å²) in [6.07, 6.45) is 1.58. The molecule has 3 rings (SSSR count). The molecule has 0 atom stereocenters. The maximum atomic E-state index is 5.93. The lowest BCUT2D eigenvalue weighted by atomic mass is 9.92. The van der Waals surface area contributed by atoms with Crippen LogP contribution in [0.4, 0.5) is 0 Å². The molecule has 0 fully saturated rings. The number of hydrogen-bond donors (Lipinski definition) is 1. The zero-order valence-electron chi connectivity index (χ0n) is 10.4. The molecule has 0 saturated heterocycles. The van der Waals surface area contributed by atoms with Crippen molar-refractivity contribution in [3.8, 4) is 17.0 Å². The van der Waals surface area contributed by atoms with Crippen LogP contribution < -0.4 is 10.2 Å². The van der Waals surface area contributed by atoms with E-state index in [1.807, 2.05) is 26.0 Å². The number of fused-ring (bicyclic) bond motifs is 1. The molecule has 0 aliphatic rings. The minimum Gasteiger partial charge on any atom is -0.497 e. The van der Waals surface area contributed by atoms with Crippen LogP contribution in [0.25, 0.3) is 22.4 Å². The molecule has 0 saturated carbocycles. The van der Waals surface area contributed by atoms with Crippen LogP contribution in [0.5, 0.6) is 5.75 Å². The van der Waals surface area contributed by atoms with Crippen LogP contribution in [0, 0.1) is 0 Å². The van der Waals surface area contributed by atoms with Crippen molar-refractivity contribution in [1.82, 2.24) is 19.9 Å². The van der Waals surface area contributed by atoms with Crippen LogP contribution in [0.1, 0.15) is 0 Å². The molecule has 5 nitrogen and oxygen atoms in total.